The maximum Gasteiger partial charge on any atom is -0.0300 e. The zero-order valence-electron chi connectivity index (χ0n) is 20.6. The molecule has 0 spiro atoms. The van der Waals surface area contributed by atoms with E-state index in [0.29, 0.717) is 10.8 Å². The van der Waals surface area contributed by atoms with E-state index in [4.69, 9.17) is 0 Å². The molecule has 0 aromatic carbocycles. The van der Waals surface area contributed by atoms with Crippen LogP contribution in [-0.2, 0) is 0 Å². The van der Waals surface area contributed by atoms with E-state index in [0.717, 1.165) is 11.8 Å². The maximum atomic E-state index is 2.37. The second kappa shape index (κ2) is 25.3. The van der Waals surface area contributed by atoms with E-state index in [9.17, 15) is 0 Å². The van der Waals surface area contributed by atoms with Gasteiger partial charge in [0.15, 0.2) is 0 Å². The molecule has 0 heterocycles. The highest BCUT2D eigenvalue weighted by molar-refractivity contribution is 4.86. The van der Waals surface area contributed by atoms with Crippen LogP contribution in [0.2, 0.25) is 0 Å². The van der Waals surface area contributed by atoms with Gasteiger partial charge in [0, 0.05) is 0 Å². The zero-order valence-corrected chi connectivity index (χ0v) is 20.6. The summed E-state index contributed by atoms with van der Waals surface area (Å²) in [6.45, 7) is 23.5. The fourth-order valence-corrected chi connectivity index (χ4v) is 4.76. The van der Waals surface area contributed by atoms with Crippen LogP contribution < -0.4 is 0 Å². The highest BCUT2D eigenvalue weighted by Gasteiger charge is 2.34. The van der Waals surface area contributed by atoms with Crippen molar-refractivity contribution >= 4 is 0 Å². The van der Waals surface area contributed by atoms with Gasteiger partial charge in [0.05, 0.1) is 0 Å². The molecule has 0 atom stereocenters. The first-order chi connectivity index (χ1) is 12.3. The third kappa shape index (κ3) is 15.8. The molecule has 0 aliphatic rings. The van der Waals surface area contributed by atoms with Gasteiger partial charge in [-0.2, -0.15) is 0 Å². The van der Waals surface area contributed by atoms with Gasteiger partial charge in [-0.25, -0.2) is 0 Å². The van der Waals surface area contributed by atoms with Crippen LogP contribution in [-0.4, -0.2) is 0 Å². The van der Waals surface area contributed by atoms with Crippen molar-refractivity contribution in [1.29, 1.82) is 0 Å². The summed E-state index contributed by atoms with van der Waals surface area (Å²) in [6, 6.07) is 0. The number of rotatable bonds is 14. The highest BCUT2D eigenvalue weighted by Crippen LogP contribution is 2.47. The van der Waals surface area contributed by atoms with Gasteiger partial charge in [0.2, 0.25) is 0 Å². The summed E-state index contributed by atoms with van der Waals surface area (Å²) in [5.74, 6) is 1.97. The Labute approximate surface area is 198 Å². The summed E-state index contributed by atoms with van der Waals surface area (Å²) >= 11 is 0. The fourth-order valence-electron chi connectivity index (χ4n) is 4.76. The van der Waals surface area contributed by atoms with Gasteiger partial charge in [0.1, 0.15) is 0 Å². The molecule has 0 rings (SSSR count). The minimum Gasteiger partial charge on any atom is -0.0776 e. The molecule has 0 bridgehead atoms. The fraction of sp³-hybridized carbons (Fsp3) is 1.00. The summed E-state index contributed by atoms with van der Waals surface area (Å²) in [6.07, 6.45) is 16.5. The van der Waals surface area contributed by atoms with E-state index >= 15 is 0 Å². The molecule has 0 N–H and O–H groups in total. The van der Waals surface area contributed by atoms with E-state index in [1.54, 1.807) is 0 Å². The Morgan fingerprint density at radius 2 is 0.600 bits per heavy atom. The quantitative estimate of drug-likeness (QED) is 0.256. The van der Waals surface area contributed by atoms with E-state index in [1.807, 2.05) is 0 Å². The average Bonchev–Trinajstić information content (AvgIpc) is 2.72. The lowest BCUT2D eigenvalue weighted by molar-refractivity contribution is 0.0973. The van der Waals surface area contributed by atoms with Gasteiger partial charge >= 0.3 is 0 Å². The van der Waals surface area contributed by atoms with Crippen molar-refractivity contribution in [3.05, 3.63) is 0 Å². The molecule has 0 saturated carbocycles. The molecule has 0 aromatic heterocycles. The number of hydrogen-bond donors (Lipinski definition) is 0. The van der Waals surface area contributed by atoms with Gasteiger partial charge in [-0.1, -0.05) is 163 Å². The van der Waals surface area contributed by atoms with E-state index in [1.165, 1.54) is 77.0 Å². The molecule has 0 aliphatic carbocycles. The Hall–Kier alpha value is 0. The molecule has 0 saturated heterocycles. The van der Waals surface area contributed by atoms with E-state index in [-0.39, 0.29) is 29.7 Å². The Morgan fingerprint density at radius 3 is 0.733 bits per heavy atom. The van der Waals surface area contributed by atoms with Crippen LogP contribution >= 0.6 is 0 Å². The molecule has 0 heteroatoms. The first kappa shape index (κ1) is 43.8. The molecule has 0 unspecified atom stereocenters. The summed E-state index contributed by atoms with van der Waals surface area (Å²) < 4.78 is 0. The van der Waals surface area contributed by atoms with Crippen molar-refractivity contribution in [2.45, 2.75) is 176 Å². The topological polar surface area (TPSA) is 0 Å². The Balaban J connectivity index is -0.0000000876. The first-order valence-corrected chi connectivity index (χ1v) is 12.3. The minimum atomic E-state index is 0. The monoisotopic (exact) mass is 433 g/mol. The van der Waals surface area contributed by atoms with Crippen molar-refractivity contribution in [2.24, 2.45) is 22.7 Å². The zero-order chi connectivity index (χ0) is 20.6. The van der Waals surface area contributed by atoms with E-state index < -0.39 is 0 Å². The first-order valence-electron chi connectivity index (χ1n) is 12.3. The molecule has 192 valence electrons. The van der Waals surface area contributed by atoms with Gasteiger partial charge < -0.3 is 0 Å². The van der Waals surface area contributed by atoms with Crippen molar-refractivity contribution in [1.82, 2.24) is 0 Å². The predicted octanol–water partition coefficient (Wildman–Crippen LogP) is 12.6. The molecule has 30 heavy (non-hydrogen) atoms. The maximum absolute atomic E-state index is 2.37. The second-order valence-corrected chi connectivity index (χ2v) is 8.90. The summed E-state index contributed by atoms with van der Waals surface area (Å²) in [7, 11) is 0. The highest BCUT2D eigenvalue weighted by atomic mass is 14.4. The van der Waals surface area contributed by atoms with Crippen LogP contribution in [0.5, 0.6) is 0 Å². The molecule has 0 nitrogen and oxygen atoms in total. The smallest absolute Gasteiger partial charge is 0.0300 e. The van der Waals surface area contributed by atoms with Crippen LogP contribution in [0.1, 0.15) is 176 Å². The van der Waals surface area contributed by atoms with Crippen molar-refractivity contribution in [2.75, 3.05) is 0 Å². The normalized spacial score (nSPS) is 10.8. The molecule has 0 amide bonds. The predicted molar refractivity (Wildman–Crippen MR) is 151 cm³/mol. The SMILES string of the molecule is C.C.C.C.CCC(CC)(CC)CC(CC)(CC)CC.CCC(CC)CC(CC)CC. The minimum absolute atomic E-state index is 0. The molecule has 0 radical (unpaired) electrons. The second-order valence-electron chi connectivity index (χ2n) is 8.90. The van der Waals surface area contributed by atoms with Gasteiger partial charge in [0.25, 0.3) is 0 Å². The number of hydrogen-bond acceptors (Lipinski definition) is 0. The Bertz CT molecular complexity index is 230. The molecular weight excluding hydrogens is 360 g/mol. The van der Waals surface area contributed by atoms with Crippen LogP contribution in [0.15, 0.2) is 0 Å². The van der Waals surface area contributed by atoms with E-state index in [2.05, 4.69) is 69.2 Å². The summed E-state index contributed by atoms with van der Waals surface area (Å²) in [4.78, 5) is 0. The molecule has 0 aromatic rings. The van der Waals surface area contributed by atoms with Crippen molar-refractivity contribution in [3.63, 3.8) is 0 Å². The lowest BCUT2D eigenvalue weighted by atomic mass is 9.64. The third-order valence-electron chi connectivity index (χ3n) is 8.23. The van der Waals surface area contributed by atoms with Crippen LogP contribution in [0.25, 0.3) is 0 Å². The van der Waals surface area contributed by atoms with Crippen molar-refractivity contribution in [3.8, 4) is 0 Å². The average molecular weight is 433 g/mol. The van der Waals surface area contributed by atoms with Crippen LogP contribution in [0.3, 0.4) is 0 Å². The van der Waals surface area contributed by atoms with Crippen LogP contribution in [0.4, 0.5) is 0 Å². The largest absolute Gasteiger partial charge is 0.0776 e. The molecular formula is C30H72. The van der Waals surface area contributed by atoms with Crippen molar-refractivity contribution < 1.29 is 0 Å². The summed E-state index contributed by atoms with van der Waals surface area (Å²) in [5.41, 5.74) is 1.23. The molecule has 0 fully saturated rings. The Kier molecular flexibility index (Phi) is 36.9. The summed E-state index contributed by atoms with van der Waals surface area (Å²) in [5, 5.41) is 0. The lowest BCUT2D eigenvalue weighted by Gasteiger charge is -2.42. The van der Waals surface area contributed by atoms with Gasteiger partial charge in [-0.05, 0) is 35.5 Å². The lowest BCUT2D eigenvalue weighted by Crippen LogP contribution is -2.30. The van der Waals surface area contributed by atoms with Crippen LogP contribution in [0, 0.1) is 22.7 Å². The van der Waals surface area contributed by atoms with Gasteiger partial charge in [-0.3, -0.25) is 0 Å². The molecule has 0 aliphatic heterocycles. The Morgan fingerprint density at radius 1 is 0.400 bits per heavy atom. The van der Waals surface area contributed by atoms with Gasteiger partial charge in [-0.15, -0.1) is 0 Å². The standard InChI is InChI=1S/C15H32.C11H24.4CH4/c1-7-14(8-2,9-3)13-15(10-4,11-5)12-6;1-5-10(6-2)9-11(7-3)8-4;;;;/h7-13H2,1-6H3;10-11H,5-9H2,1-4H3;4*1H4. The third-order valence-corrected chi connectivity index (χ3v) is 8.23.